The van der Waals surface area contributed by atoms with Crippen molar-refractivity contribution in [3.05, 3.63) is 82.8 Å². The van der Waals surface area contributed by atoms with Crippen molar-refractivity contribution < 1.29 is 32.3 Å². The average Bonchev–Trinajstić information content (AvgIpc) is 3.57. The van der Waals surface area contributed by atoms with E-state index in [0.29, 0.717) is 18.7 Å². The molecule has 0 aliphatic rings. The highest BCUT2D eigenvalue weighted by atomic mass is 32.1. The van der Waals surface area contributed by atoms with Crippen molar-refractivity contribution in [2.24, 2.45) is 5.92 Å². The Hall–Kier alpha value is -4.70. The Morgan fingerprint density at radius 1 is 1.12 bits per heavy atom. The van der Waals surface area contributed by atoms with Crippen molar-refractivity contribution in [3.8, 4) is 6.07 Å². The Labute approximate surface area is 242 Å². The summed E-state index contributed by atoms with van der Waals surface area (Å²) in [6.45, 7) is 4.48. The number of thiophene rings is 1. The first-order valence-electron chi connectivity index (χ1n) is 12.8. The van der Waals surface area contributed by atoms with E-state index in [2.05, 4.69) is 26.4 Å². The lowest BCUT2D eigenvalue weighted by Crippen LogP contribution is -2.44. The summed E-state index contributed by atoms with van der Waals surface area (Å²) in [4.78, 5) is 40.8. The Morgan fingerprint density at radius 2 is 1.86 bits per heavy atom. The van der Waals surface area contributed by atoms with Crippen LogP contribution < -0.4 is 10.6 Å². The second kappa shape index (κ2) is 12.9. The van der Waals surface area contributed by atoms with Gasteiger partial charge < -0.3 is 19.9 Å². The largest absolute Gasteiger partial charge is 0.491 e. The predicted molar refractivity (Wildman–Crippen MR) is 150 cm³/mol. The molecule has 0 saturated heterocycles. The van der Waals surface area contributed by atoms with Crippen LogP contribution in [0.5, 0.6) is 0 Å². The summed E-state index contributed by atoms with van der Waals surface area (Å²) >= 11 is 1.15. The van der Waals surface area contributed by atoms with E-state index < -0.39 is 30.1 Å². The molecule has 0 aliphatic heterocycles. The smallest absolute Gasteiger partial charge is 0.385 e. The number of rotatable bonds is 10. The van der Waals surface area contributed by atoms with Gasteiger partial charge in [0.15, 0.2) is 0 Å². The standard InChI is InChI=1S/C29H26F3N5O4S/c1-17(2)9-23(27(39)41-28(40)29(30,31)32)36-26(38)25-11-20-10-21(7-8-24(20)42-25)35-14-22-13-34-16-37(22)15-19-5-3-18(12-33)4-6-19/h3-8,10-11,13,16-17,23,35H,9,14-15H2,1-2H3,(H,36,38)/t23-/m0/s1. The molecule has 2 N–H and O–H groups in total. The van der Waals surface area contributed by atoms with Gasteiger partial charge in [-0.3, -0.25) is 4.79 Å². The minimum Gasteiger partial charge on any atom is -0.385 e. The number of amides is 1. The predicted octanol–water partition coefficient (Wildman–Crippen LogP) is 5.41. The number of ether oxygens (including phenoxy) is 1. The van der Waals surface area contributed by atoms with Crippen LogP contribution in [0.3, 0.4) is 0 Å². The van der Waals surface area contributed by atoms with Gasteiger partial charge in [-0.25, -0.2) is 14.6 Å². The molecule has 1 atom stereocenters. The van der Waals surface area contributed by atoms with E-state index >= 15 is 0 Å². The summed E-state index contributed by atoms with van der Waals surface area (Å²) < 4.78 is 44.4. The number of imidazole rings is 1. The van der Waals surface area contributed by atoms with Crippen molar-refractivity contribution in [1.82, 2.24) is 14.9 Å². The van der Waals surface area contributed by atoms with Crippen molar-refractivity contribution in [3.63, 3.8) is 0 Å². The number of hydrogen-bond donors (Lipinski definition) is 2. The van der Waals surface area contributed by atoms with Gasteiger partial charge in [0.05, 0.1) is 35.1 Å². The number of halogens is 3. The molecular weight excluding hydrogens is 571 g/mol. The summed E-state index contributed by atoms with van der Waals surface area (Å²) in [5, 5.41) is 15.5. The fraction of sp³-hybridized carbons (Fsp3) is 0.276. The van der Waals surface area contributed by atoms with Crippen LogP contribution in [-0.2, 0) is 27.4 Å². The van der Waals surface area contributed by atoms with E-state index in [1.165, 1.54) is 0 Å². The average molecular weight is 598 g/mol. The summed E-state index contributed by atoms with van der Waals surface area (Å²) in [6, 6.07) is 15.1. The lowest BCUT2D eigenvalue weighted by atomic mass is 10.0. The van der Waals surface area contributed by atoms with Crippen molar-refractivity contribution in [2.45, 2.75) is 45.6 Å². The van der Waals surface area contributed by atoms with Crippen LogP contribution in [0.2, 0.25) is 0 Å². The van der Waals surface area contributed by atoms with Crippen molar-refractivity contribution >= 4 is 45.0 Å². The molecule has 2 heterocycles. The highest BCUT2D eigenvalue weighted by molar-refractivity contribution is 7.20. The molecule has 0 aliphatic carbocycles. The SMILES string of the molecule is CC(C)C[C@H](NC(=O)c1cc2cc(NCc3cncn3Cc3ccc(C#N)cc3)ccc2s1)C(=O)OC(=O)C(F)(F)F. The van der Waals surface area contributed by atoms with Crippen molar-refractivity contribution in [1.29, 1.82) is 5.26 Å². The number of nitriles is 1. The van der Waals surface area contributed by atoms with Crippen LogP contribution in [0.1, 0.15) is 46.8 Å². The van der Waals surface area contributed by atoms with E-state index in [1.54, 1.807) is 44.6 Å². The Balaban J connectivity index is 1.41. The fourth-order valence-electron chi connectivity index (χ4n) is 4.11. The highest BCUT2D eigenvalue weighted by Crippen LogP contribution is 2.29. The monoisotopic (exact) mass is 597 g/mol. The topological polar surface area (TPSA) is 126 Å². The number of benzene rings is 2. The van der Waals surface area contributed by atoms with Crippen LogP contribution >= 0.6 is 11.3 Å². The third-order valence-electron chi connectivity index (χ3n) is 6.17. The molecular formula is C29H26F3N5O4S. The third-order valence-corrected chi connectivity index (χ3v) is 7.28. The number of carbonyl (C=O) groups is 3. The summed E-state index contributed by atoms with van der Waals surface area (Å²) in [6.07, 6.45) is -1.87. The van der Waals surface area contributed by atoms with Gasteiger partial charge in [0.25, 0.3) is 5.91 Å². The molecule has 9 nitrogen and oxygen atoms in total. The molecule has 0 bridgehead atoms. The number of alkyl halides is 3. The zero-order valence-corrected chi connectivity index (χ0v) is 23.4. The molecule has 13 heteroatoms. The van der Waals surface area contributed by atoms with Gasteiger partial charge in [0, 0.05) is 23.1 Å². The third kappa shape index (κ3) is 7.73. The molecule has 0 radical (unpaired) electrons. The lowest BCUT2D eigenvalue weighted by Gasteiger charge is -2.18. The van der Waals surface area contributed by atoms with Crippen LogP contribution in [0.15, 0.2) is 61.1 Å². The maximum Gasteiger partial charge on any atom is 0.491 e. The van der Waals surface area contributed by atoms with Gasteiger partial charge in [-0.15, -0.1) is 11.3 Å². The fourth-order valence-corrected chi connectivity index (χ4v) is 5.06. The molecule has 218 valence electrons. The van der Waals surface area contributed by atoms with Gasteiger partial charge in [-0.05, 0) is 59.7 Å². The number of carbonyl (C=O) groups excluding carboxylic acids is 3. The summed E-state index contributed by atoms with van der Waals surface area (Å²) in [5.74, 6) is -4.94. The molecule has 0 saturated carbocycles. The second-order valence-corrected chi connectivity index (χ2v) is 11.0. The van der Waals surface area contributed by atoms with Gasteiger partial charge in [-0.2, -0.15) is 18.4 Å². The maximum absolute atomic E-state index is 12.9. The minimum atomic E-state index is -5.33. The zero-order valence-electron chi connectivity index (χ0n) is 22.6. The Bertz CT molecular complexity index is 1640. The number of fused-ring (bicyclic) bond motifs is 1. The molecule has 1 amide bonds. The van der Waals surface area contributed by atoms with E-state index in [1.807, 2.05) is 34.9 Å². The first kappa shape index (κ1) is 30.3. The van der Waals surface area contributed by atoms with E-state index in [9.17, 15) is 27.6 Å². The normalized spacial score (nSPS) is 12.1. The van der Waals surface area contributed by atoms with Gasteiger partial charge in [0.1, 0.15) is 6.04 Å². The molecule has 0 fully saturated rings. The van der Waals surface area contributed by atoms with Gasteiger partial charge >= 0.3 is 18.1 Å². The van der Waals surface area contributed by atoms with E-state index in [-0.39, 0.29) is 17.2 Å². The number of aromatic nitrogens is 2. The molecule has 4 rings (SSSR count). The van der Waals surface area contributed by atoms with Gasteiger partial charge in [0.2, 0.25) is 0 Å². The van der Waals surface area contributed by atoms with Crippen molar-refractivity contribution in [2.75, 3.05) is 5.32 Å². The lowest BCUT2D eigenvalue weighted by molar-refractivity contribution is -0.202. The van der Waals surface area contributed by atoms with E-state index in [0.717, 1.165) is 38.4 Å². The second-order valence-electron chi connectivity index (χ2n) is 9.90. The van der Waals surface area contributed by atoms with E-state index in [4.69, 9.17) is 5.26 Å². The maximum atomic E-state index is 12.9. The van der Waals surface area contributed by atoms with Gasteiger partial charge in [-0.1, -0.05) is 26.0 Å². The molecule has 0 spiro atoms. The first-order chi connectivity index (χ1) is 19.9. The highest BCUT2D eigenvalue weighted by Gasteiger charge is 2.43. The van der Waals surface area contributed by atoms with Crippen LogP contribution in [0.4, 0.5) is 18.9 Å². The first-order valence-corrected chi connectivity index (χ1v) is 13.6. The summed E-state index contributed by atoms with van der Waals surface area (Å²) in [7, 11) is 0. The number of hydrogen-bond acceptors (Lipinski definition) is 8. The van der Waals surface area contributed by atoms with Crippen LogP contribution in [-0.4, -0.2) is 39.6 Å². The van der Waals surface area contributed by atoms with Crippen LogP contribution in [0, 0.1) is 17.2 Å². The van der Waals surface area contributed by atoms with Crippen LogP contribution in [0.25, 0.3) is 10.1 Å². The number of nitrogens with one attached hydrogen (secondary N) is 2. The minimum absolute atomic E-state index is 0.0174. The molecule has 2 aromatic carbocycles. The molecule has 0 unspecified atom stereocenters. The Kier molecular flexibility index (Phi) is 9.27. The molecule has 42 heavy (non-hydrogen) atoms. The molecule has 4 aromatic rings. The zero-order chi connectivity index (χ0) is 30.4. The number of anilines is 1. The number of nitrogens with zero attached hydrogens (tertiary/aromatic N) is 3. The number of esters is 2. The summed E-state index contributed by atoms with van der Waals surface area (Å²) in [5.41, 5.74) is 3.32. The Morgan fingerprint density at radius 3 is 2.52 bits per heavy atom. The molecule has 2 aromatic heterocycles. The quantitative estimate of drug-likeness (QED) is 0.185.